The molecule has 0 saturated carbocycles. The number of methoxy groups -OCH3 is 1. The van der Waals surface area contributed by atoms with Gasteiger partial charge in [-0.3, -0.25) is 0 Å². The van der Waals surface area contributed by atoms with Crippen LogP contribution in [-0.2, 0) is 0 Å². The largest absolute Gasteiger partial charge is 0.497 e. The Bertz CT molecular complexity index is 459. The summed E-state index contributed by atoms with van der Waals surface area (Å²) >= 11 is 0. The van der Waals surface area contributed by atoms with Gasteiger partial charge in [-0.25, -0.2) is 4.39 Å². The van der Waals surface area contributed by atoms with Crippen molar-refractivity contribution in [2.75, 3.05) is 7.11 Å². The number of aromatic nitrogens is 2. The Morgan fingerprint density at radius 3 is 2.80 bits per heavy atom. The summed E-state index contributed by atoms with van der Waals surface area (Å²) in [6.45, 7) is 0. The van der Waals surface area contributed by atoms with E-state index in [-0.39, 0.29) is 5.82 Å². The predicted molar refractivity (Wildman–Crippen MR) is 54.0 cm³/mol. The first-order valence-electron chi connectivity index (χ1n) is 4.42. The smallest absolute Gasteiger partial charge is 0.127 e. The molecule has 0 aliphatic carbocycles. The Hall–Kier alpha value is -1.97. The van der Waals surface area contributed by atoms with E-state index in [2.05, 4.69) is 10.2 Å². The lowest BCUT2D eigenvalue weighted by Gasteiger charge is -2.03. The summed E-state index contributed by atoms with van der Waals surface area (Å²) in [5, 5.41) is 7.63. The molecule has 3 nitrogen and oxygen atoms in total. The van der Waals surface area contributed by atoms with Crippen molar-refractivity contribution in [3.8, 4) is 17.0 Å². The van der Waals surface area contributed by atoms with Crippen molar-refractivity contribution >= 4 is 0 Å². The molecule has 4 heteroatoms. The second kappa shape index (κ2) is 4.04. The van der Waals surface area contributed by atoms with Gasteiger partial charge in [-0.2, -0.15) is 10.2 Å². The molecule has 0 aliphatic rings. The van der Waals surface area contributed by atoms with Gasteiger partial charge >= 0.3 is 0 Å². The quantitative estimate of drug-likeness (QED) is 0.752. The Balaban J connectivity index is 2.49. The zero-order valence-corrected chi connectivity index (χ0v) is 8.14. The Kier molecular flexibility index (Phi) is 2.58. The van der Waals surface area contributed by atoms with Crippen LogP contribution in [0.25, 0.3) is 11.3 Å². The average Bonchev–Trinajstić information content (AvgIpc) is 2.29. The molecule has 2 rings (SSSR count). The van der Waals surface area contributed by atoms with Gasteiger partial charge in [0, 0.05) is 17.8 Å². The lowest BCUT2D eigenvalue weighted by Crippen LogP contribution is -1.89. The monoisotopic (exact) mass is 204 g/mol. The Morgan fingerprint density at radius 1 is 1.27 bits per heavy atom. The number of hydrogen-bond donors (Lipinski definition) is 0. The number of halogens is 1. The molecule has 1 aromatic carbocycles. The molecule has 0 bridgehead atoms. The maximum absolute atomic E-state index is 13.2. The van der Waals surface area contributed by atoms with E-state index in [0.717, 1.165) is 0 Å². The number of rotatable bonds is 2. The summed E-state index contributed by atoms with van der Waals surface area (Å²) in [4.78, 5) is 0. The number of benzene rings is 1. The molecule has 0 atom stereocenters. The van der Waals surface area contributed by atoms with Crippen molar-refractivity contribution in [2.24, 2.45) is 0 Å². The molecule has 0 saturated heterocycles. The van der Waals surface area contributed by atoms with Crippen LogP contribution in [0.5, 0.6) is 5.75 Å². The van der Waals surface area contributed by atoms with Gasteiger partial charge in [0.15, 0.2) is 0 Å². The third-order valence-electron chi connectivity index (χ3n) is 1.98. The lowest BCUT2D eigenvalue weighted by molar-refractivity contribution is 0.411. The molecule has 1 aromatic heterocycles. The van der Waals surface area contributed by atoms with Gasteiger partial charge in [0.05, 0.1) is 12.8 Å². The zero-order valence-electron chi connectivity index (χ0n) is 8.14. The lowest BCUT2D eigenvalue weighted by atomic mass is 10.1. The van der Waals surface area contributed by atoms with Gasteiger partial charge < -0.3 is 4.74 Å². The Morgan fingerprint density at radius 2 is 2.13 bits per heavy atom. The standard InChI is InChI=1S/C11H9FN2O/c1-15-10-6-8(5-9(12)7-10)11-3-2-4-13-14-11/h2-7H,1H3. The summed E-state index contributed by atoms with van der Waals surface area (Å²) in [6, 6.07) is 7.94. The first-order valence-corrected chi connectivity index (χ1v) is 4.42. The van der Waals surface area contributed by atoms with Crippen LogP contribution in [0.15, 0.2) is 36.5 Å². The molecule has 0 unspecified atom stereocenters. The van der Waals surface area contributed by atoms with E-state index in [1.807, 2.05) is 0 Å². The zero-order chi connectivity index (χ0) is 10.7. The van der Waals surface area contributed by atoms with Crippen LogP contribution in [0.4, 0.5) is 4.39 Å². The van der Waals surface area contributed by atoms with Gasteiger partial charge in [-0.1, -0.05) is 0 Å². The molecule has 0 radical (unpaired) electrons. The highest BCUT2D eigenvalue weighted by Crippen LogP contribution is 2.23. The van der Waals surface area contributed by atoms with E-state index >= 15 is 0 Å². The molecule has 0 aliphatic heterocycles. The predicted octanol–water partition coefficient (Wildman–Crippen LogP) is 2.29. The normalized spacial score (nSPS) is 10.0. The first-order chi connectivity index (χ1) is 7.29. The summed E-state index contributed by atoms with van der Waals surface area (Å²) in [7, 11) is 1.50. The minimum Gasteiger partial charge on any atom is -0.497 e. The van der Waals surface area contributed by atoms with Crippen molar-refractivity contribution in [1.82, 2.24) is 10.2 Å². The van der Waals surface area contributed by atoms with E-state index in [4.69, 9.17) is 4.74 Å². The van der Waals surface area contributed by atoms with E-state index < -0.39 is 0 Å². The van der Waals surface area contributed by atoms with E-state index in [0.29, 0.717) is 17.0 Å². The van der Waals surface area contributed by atoms with Crippen molar-refractivity contribution in [3.63, 3.8) is 0 Å². The van der Waals surface area contributed by atoms with Crippen molar-refractivity contribution < 1.29 is 9.13 Å². The molecular formula is C11H9FN2O. The second-order valence-electron chi connectivity index (χ2n) is 2.99. The van der Waals surface area contributed by atoms with Crippen LogP contribution < -0.4 is 4.74 Å². The van der Waals surface area contributed by atoms with E-state index in [1.165, 1.54) is 19.2 Å². The van der Waals surface area contributed by atoms with Gasteiger partial charge in [0.1, 0.15) is 11.6 Å². The van der Waals surface area contributed by atoms with Crippen molar-refractivity contribution in [3.05, 3.63) is 42.3 Å². The molecule has 2 aromatic rings. The fourth-order valence-electron chi connectivity index (χ4n) is 1.28. The highest BCUT2D eigenvalue weighted by Gasteiger charge is 2.04. The molecular weight excluding hydrogens is 195 g/mol. The molecule has 0 amide bonds. The summed E-state index contributed by atoms with van der Waals surface area (Å²) in [5.41, 5.74) is 1.27. The highest BCUT2D eigenvalue weighted by atomic mass is 19.1. The first kappa shape index (κ1) is 9.58. The number of ether oxygens (including phenoxy) is 1. The molecule has 0 fully saturated rings. The minimum absolute atomic E-state index is 0.352. The van der Waals surface area contributed by atoms with Gasteiger partial charge in [-0.15, -0.1) is 0 Å². The Labute approximate surface area is 86.5 Å². The minimum atomic E-state index is -0.352. The van der Waals surface area contributed by atoms with Crippen molar-refractivity contribution in [2.45, 2.75) is 0 Å². The maximum Gasteiger partial charge on any atom is 0.127 e. The third-order valence-corrected chi connectivity index (χ3v) is 1.98. The fourth-order valence-corrected chi connectivity index (χ4v) is 1.28. The summed E-state index contributed by atoms with van der Waals surface area (Å²) in [6.07, 6.45) is 1.57. The molecule has 15 heavy (non-hydrogen) atoms. The molecule has 76 valence electrons. The maximum atomic E-state index is 13.2. The SMILES string of the molecule is COc1cc(F)cc(-c2cccnn2)c1. The number of nitrogens with zero attached hydrogens (tertiary/aromatic N) is 2. The van der Waals surface area contributed by atoms with Crippen LogP contribution in [-0.4, -0.2) is 17.3 Å². The van der Waals surface area contributed by atoms with Gasteiger partial charge in [0.2, 0.25) is 0 Å². The van der Waals surface area contributed by atoms with Gasteiger partial charge in [-0.05, 0) is 24.3 Å². The third kappa shape index (κ3) is 2.10. The van der Waals surface area contributed by atoms with Crippen LogP contribution in [0.1, 0.15) is 0 Å². The van der Waals surface area contributed by atoms with Crippen LogP contribution in [0.2, 0.25) is 0 Å². The van der Waals surface area contributed by atoms with Crippen molar-refractivity contribution in [1.29, 1.82) is 0 Å². The molecule has 1 heterocycles. The van der Waals surface area contributed by atoms with Gasteiger partial charge in [0.25, 0.3) is 0 Å². The summed E-state index contributed by atoms with van der Waals surface area (Å²) < 4.78 is 18.1. The average molecular weight is 204 g/mol. The van der Waals surface area contributed by atoms with Crippen LogP contribution >= 0.6 is 0 Å². The molecule has 0 spiro atoms. The molecule has 0 N–H and O–H groups in total. The fraction of sp³-hybridized carbons (Fsp3) is 0.0909. The topological polar surface area (TPSA) is 35.0 Å². The number of hydrogen-bond acceptors (Lipinski definition) is 3. The second-order valence-corrected chi connectivity index (χ2v) is 2.99. The van der Waals surface area contributed by atoms with Crippen LogP contribution in [0, 0.1) is 5.82 Å². The summed E-state index contributed by atoms with van der Waals surface area (Å²) in [5.74, 6) is 0.116. The van der Waals surface area contributed by atoms with E-state index in [9.17, 15) is 4.39 Å². The highest BCUT2D eigenvalue weighted by molar-refractivity contribution is 5.60. The van der Waals surface area contributed by atoms with E-state index in [1.54, 1.807) is 24.4 Å². The van der Waals surface area contributed by atoms with Crippen LogP contribution in [0.3, 0.4) is 0 Å².